The number of nitrogens with zero attached hydrogens (tertiary/aromatic N) is 2. The third kappa shape index (κ3) is 4.65. The van der Waals surface area contributed by atoms with Crippen LogP contribution in [0.4, 0.5) is 18.9 Å². The maximum absolute atomic E-state index is 12.9. The van der Waals surface area contributed by atoms with Crippen LogP contribution in [0.1, 0.15) is 5.56 Å². The molecule has 7 nitrogen and oxygen atoms in total. The van der Waals surface area contributed by atoms with E-state index in [1.54, 1.807) is 24.3 Å². The van der Waals surface area contributed by atoms with Gasteiger partial charge in [-0.25, -0.2) is 4.79 Å². The van der Waals surface area contributed by atoms with E-state index in [9.17, 15) is 27.6 Å². The normalized spacial score (nSPS) is 11.5. The molecule has 1 aromatic heterocycles. The van der Waals surface area contributed by atoms with Crippen molar-refractivity contribution in [3.8, 4) is 0 Å². The number of nitrogens with one attached hydrogen (secondary N) is 1. The second kappa shape index (κ2) is 8.23. The minimum Gasteiger partial charge on any atom is -0.408 e. The van der Waals surface area contributed by atoms with E-state index < -0.39 is 40.9 Å². The molecule has 0 spiro atoms. The molecule has 30 heavy (non-hydrogen) atoms. The van der Waals surface area contributed by atoms with Crippen molar-refractivity contribution in [2.75, 3.05) is 18.9 Å². The van der Waals surface area contributed by atoms with Gasteiger partial charge in [0.15, 0.2) is 5.58 Å². The molecule has 3 aromatic rings. The minimum atomic E-state index is -4.68. The number of rotatable bonds is 5. The molecule has 0 aliphatic rings. The first-order valence-electron chi connectivity index (χ1n) is 8.55. The van der Waals surface area contributed by atoms with Gasteiger partial charge in [0, 0.05) is 12.7 Å². The largest absolute Gasteiger partial charge is 0.420 e. The van der Waals surface area contributed by atoms with Crippen molar-refractivity contribution in [1.29, 1.82) is 0 Å². The molecule has 0 unspecified atom stereocenters. The highest BCUT2D eigenvalue weighted by Gasteiger charge is 2.33. The van der Waals surface area contributed by atoms with Gasteiger partial charge in [-0.15, -0.1) is 0 Å². The van der Waals surface area contributed by atoms with E-state index in [0.29, 0.717) is 17.2 Å². The van der Waals surface area contributed by atoms with E-state index in [2.05, 4.69) is 5.32 Å². The Morgan fingerprint density at radius 1 is 1.20 bits per heavy atom. The van der Waals surface area contributed by atoms with Gasteiger partial charge < -0.3 is 14.6 Å². The number of aromatic nitrogens is 1. The molecule has 3 rings (SSSR count). The Kier molecular flexibility index (Phi) is 5.88. The van der Waals surface area contributed by atoms with Crippen molar-refractivity contribution in [2.24, 2.45) is 0 Å². The van der Waals surface area contributed by atoms with E-state index in [-0.39, 0.29) is 12.2 Å². The standard InChI is InChI=1S/C19H15ClF3N3O4/c1-25(17(28)10-26-14-4-2-3-5-15(14)30-18(26)29)9-16(27)24-11-6-7-13(20)12(8-11)19(21,22)23/h2-8H,9-10H2,1H3,(H,24,27). The molecular formula is C19H15ClF3N3O4. The second-order valence-corrected chi connectivity index (χ2v) is 6.82. The number of fused-ring (bicyclic) bond motifs is 1. The van der Waals surface area contributed by atoms with E-state index in [1.807, 2.05) is 0 Å². The van der Waals surface area contributed by atoms with Gasteiger partial charge in [-0.3, -0.25) is 14.2 Å². The molecule has 0 saturated carbocycles. The van der Waals surface area contributed by atoms with Gasteiger partial charge in [-0.05, 0) is 30.3 Å². The van der Waals surface area contributed by atoms with Crippen LogP contribution < -0.4 is 11.1 Å². The van der Waals surface area contributed by atoms with Gasteiger partial charge in [-0.2, -0.15) is 13.2 Å². The molecule has 0 fully saturated rings. The lowest BCUT2D eigenvalue weighted by molar-refractivity contribution is -0.137. The number of hydrogen-bond donors (Lipinski definition) is 1. The zero-order chi connectivity index (χ0) is 22.1. The molecule has 1 heterocycles. The number of hydrogen-bond acceptors (Lipinski definition) is 4. The maximum atomic E-state index is 12.9. The second-order valence-electron chi connectivity index (χ2n) is 6.41. The summed E-state index contributed by atoms with van der Waals surface area (Å²) in [6.45, 7) is -0.799. The van der Waals surface area contributed by atoms with Crippen molar-refractivity contribution >= 4 is 40.2 Å². The number of carbonyl (C=O) groups excluding carboxylic acids is 2. The van der Waals surface area contributed by atoms with Crippen molar-refractivity contribution in [3.05, 3.63) is 63.6 Å². The van der Waals surface area contributed by atoms with Crippen LogP contribution in [0.25, 0.3) is 11.1 Å². The van der Waals surface area contributed by atoms with Crippen molar-refractivity contribution in [1.82, 2.24) is 9.47 Å². The Balaban J connectivity index is 1.66. The van der Waals surface area contributed by atoms with E-state index in [4.69, 9.17) is 16.0 Å². The number of para-hydroxylation sites is 2. The third-order valence-electron chi connectivity index (χ3n) is 4.23. The molecule has 0 atom stereocenters. The van der Waals surface area contributed by atoms with Crippen molar-refractivity contribution in [2.45, 2.75) is 12.7 Å². The molecule has 158 valence electrons. The monoisotopic (exact) mass is 441 g/mol. The lowest BCUT2D eigenvalue weighted by Crippen LogP contribution is -2.38. The molecule has 0 bridgehead atoms. The molecule has 0 aliphatic carbocycles. The number of benzene rings is 2. The first-order valence-corrected chi connectivity index (χ1v) is 8.93. The van der Waals surface area contributed by atoms with Gasteiger partial charge in [-0.1, -0.05) is 23.7 Å². The molecule has 0 aliphatic heterocycles. The van der Waals surface area contributed by atoms with Crippen LogP contribution in [0.3, 0.4) is 0 Å². The van der Waals surface area contributed by atoms with E-state index in [1.165, 1.54) is 13.1 Å². The van der Waals surface area contributed by atoms with Crippen LogP contribution in [0.2, 0.25) is 5.02 Å². The van der Waals surface area contributed by atoms with Crippen molar-refractivity contribution < 1.29 is 27.2 Å². The van der Waals surface area contributed by atoms with Gasteiger partial charge in [0.1, 0.15) is 6.54 Å². The lowest BCUT2D eigenvalue weighted by atomic mass is 10.2. The minimum absolute atomic E-state index is 0.116. The Labute approximate surface area is 172 Å². The predicted molar refractivity (Wildman–Crippen MR) is 103 cm³/mol. The average molecular weight is 442 g/mol. The van der Waals surface area contributed by atoms with E-state index in [0.717, 1.165) is 15.5 Å². The topological polar surface area (TPSA) is 84.5 Å². The average Bonchev–Trinajstić information content (AvgIpc) is 2.97. The smallest absolute Gasteiger partial charge is 0.408 e. The van der Waals surface area contributed by atoms with Crippen LogP contribution in [-0.2, 0) is 22.3 Å². The maximum Gasteiger partial charge on any atom is 0.420 e. The molecule has 2 amide bonds. The third-order valence-corrected chi connectivity index (χ3v) is 4.56. The van der Waals surface area contributed by atoms with E-state index >= 15 is 0 Å². The summed E-state index contributed by atoms with van der Waals surface area (Å²) in [5.41, 5.74) is -0.458. The number of halogens is 4. The first kappa shape index (κ1) is 21.4. The predicted octanol–water partition coefficient (Wildman–Crippen LogP) is 3.36. The summed E-state index contributed by atoms with van der Waals surface area (Å²) in [6.07, 6.45) is -4.68. The summed E-state index contributed by atoms with van der Waals surface area (Å²) in [6, 6.07) is 9.49. The summed E-state index contributed by atoms with van der Waals surface area (Å²) in [7, 11) is 1.33. The summed E-state index contributed by atoms with van der Waals surface area (Å²) >= 11 is 5.54. The zero-order valence-corrected chi connectivity index (χ0v) is 16.3. The number of carbonyl (C=O) groups is 2. The Morgan fingerprint density at radius 3 is 2.60 bits per heavy atom. The van der Waals surface area contributed by atoms with Gasteiger partial charge >= 0.3 is 11.9 Å². The fourth-order valence-electron chi connectivity index (χ4n) is 2.74. The zero-order valence-electron chi connectivity index (χ0n) is 15.5. The van der Waals surface area contributed by atoms with Crippen LogP contribution in [0, 0.1) is 0 Å². The summed E-state index contributed by atoms with van der Waals surface area (Å²) in [5, 5.41) is 1.79. The Morgan fingerprint density at radius 2 is 1.90 bits per heavy atom. The SMILES string of the molecule is CN(CC(=O)Nc1ccc(Cl)c(C(F)(F)F)c1)C(=O)Cn1c(=O)oc2ccccc21. The van der Waals surface area contributed by atoms with Gasteiger partial charge in [0.25, 0.3) is 0 Å². The number of amides is 2. The highest BCUT2D eigenvalue weighted by atomic mass is 35.5. The summed E-state index contributed by atoms with van der Waals surface area (Å²) in [4.78, 5) is 37.5. The van der Waals surface area contributed by atoms with Gasteiger partial charge in [0.2, 0.25) is 11.8 Å². The van der Waals surface area contributed by atoms with Crippen LogP contribution in [0.5, 0.6) is 0 Å². The Bertz CT molecular complexity index is 1170. The highest BCUT2D eigenvalue weighted by Crippen LogP contribution is 2.36. The fourth-order valence-corrected chi connectivity index (χ4v) is 2.97. The first-order chi connectivity index (χ1) is 14.1. The fraction of sp³-hybridized carbons (Fsp3) is 0.211. The van der Waals surface area contributed by atoms with Gasteiger partial charge in [0.05, 0.1) is 22.6 Å². The molecule has 1 N–H and O–H groups in total. The quantitative estimate of drug-likeness (QED) is 0.658. The number of alkyl halides is 3. The van der Waals surface area contributed by atoms with Crippen LogP contribution in [0.15, 0.2) is 51.7 Å². The van der Waals surface area contributed by atoms with Crippen LogP contribution in [-0.4, -0.2) is 34.9 Å². The number of likely N-dealkylation sites (N-methyl/N-ethyl adjacent to an activating group) is 1. The molecule has 2 aromatic carbocycles. The lowest BCUT2D eigenvalue weighted by Gasteiger charge is -2.17. The van der Waals surface area contributed by atoms with Crippen molar-refractivity contribution in [3.63, 3.8) is 0 Å². The van der Waals surface area contributed by atoms with Crippen LogP contribution >= 0.6 is 11.6 Å². The molecular weight excluding hydrogens is 427 g/mol. The number of anilines is 1. The number of oxazole rings is 1. The summed E-state index contributed by atoms with van der Waals surface area (Å²) < 4.78 is 44.9. The molecule has 0 radical (unpaired) electrons. The molecule has 11 heteroatoms. The molecule has 0 saturated heterocycles. The summed E-state index contributed by atoms with van der Waals surface area (Å²) in [5.74, 6) is -2.00. The Hall–Kier alpha value is -3.27. The highest BCUT2D eigenvalue weighted by molar-refractivity contribution is 6.31.